The van der Waals surface area contributed by atoms with Gasteiger partial charge < -0.3 is 5.11 Å². The monoisotopic (exact) mass is 250 g/mol. The Hall–Kier alpha value is -1.97. The molecule has 0 heterocycles. The molecule has 18 heavy (non-hydrogen) atoms. The number of carbonyl (C=O) groups is 2. The van der Waals surface area contributed by atoms with Gasteiger partial charge in [0.2, 0.25) is 5.78 Å². The second kappa shape index (κ2) is 5.58. The van der Waals surface area contributed by atoms with E-state index in [-0.39, 0.29) is 11.1 Å². The molecule has 0 saturated heterocycles. The van der Waals surface area contributed by atoms with Gasteiger partial charge in [0.25, 0.3) is 0 Å². The van der Waals surface area contributed by atoms with E-state index >= 15 is 0 Å². The molecule has 0 aromatic heterocycles. The van der Waals surface area contributed by atoms with Crippen molar-refractivity contribution >= 4 is 11.8 Å². The van der Waals surface area contributed by atoms with Gasteiger partial charge in [-0.3, -0.25) is 4.79 Å². The zero-order valence-corrected chi connectivity index (χ0v) is 10.6. The smallest absolute Gasteiger partial charge is 0.339 e. The van der Waals surface area contributed by atoms with Gasteiger partial charge in [-0.2, -0.15) is 0 Å². The van der Waals surface area contributed by atoms with Gasteiger partial charge in [-0.1, -0.05) is 12.5 Å². The summed E-state index contributed by atoms with van der Waals surface area (Å²) in [7, 11) is 0. The topological polar surface area (TPSA) is 54.4 Å². The Labute approximate surface area is 105 Å². The standard InChI is InChI=1S/C14H15FO3/c1-4-9-7-10(15)5-6-11(9)13(16)12(8(2)3)14(17)18/h5-7H,4H2,1-3H3,(H,17,18). The van der Waals surface area contributed by atoms with Crippen molar-refractivity contribution in [3.05, 3.63) is 46.3 Å². The van der Waals surface area contributed by atoms with Crippen molar-refractivity contribution in [3.63, 3.8) is 0 Å². The number of aryl methyl sites for hydroxylation is 1. The van der Waals surface area contributed by atoms with Crippen molar-refractivity contribution in [2.24, 2.45) is 0 Å². The highest BCUT2D eigenvalue weighted by atomic mass is 19.1. The van der Waals surface area contributed by atoms with Crippen LogP contribution in [0.25, 0.3) is 0 Å². The summed E-state index contributed by atoms with van der Waals surface area (Å²) >= 11 is 0. The normalized spacial score (nSPS) is 10.0. The maximum Gasteiger partial charge on any atom is 0.339 e. The van der Waals surface area contributed by atoms with Crippen LogP contribution in [-0.2, 0) is 11.2 Å². The molecule has 4 heteroatoms. The van der Waals surface area contributed by atoms with E-state index in [9.17, 15) is 14.0 Å². The molecule has 3 nitrogen and oxygen atoms in total. The molecule has 1 aromatic rings. The van der Waals surface area contributed by atoms with Crippen molar-refractivity contribution < 1.29 is 19.1 Å². The first kappa shape index (κ1) is 14.1. The van der Waals surface area contributed by atoms with E-state index < -0.39 is 17.6 Å². The Kier molecular flexibility index (Phi) is 4.37. The lowest BCUT2D eigenvalue weighted by molar-refractivity contribution is -0.132. The molecule has 0 amide bonds. The number of halogens is 1. The molecule has 0 saturated carbocycles. The Morgan fingerprint density at radius 1 is 1.28 bits per heavy atom. The van der Waals surface area contributed by atoms with Crippen molar-refractivity contribution in [1.82, 2.24) is 0 Å². The van der Waals surface area contributed by atoms with E-state index in [1.54, 1.807) is 20.8 Å². The SMILES string of the molecule is CCc1cc(F)ccc1C(=O)C(C(=O)O)=C(C)C. The Balaban J connectivity index is 3.35. The highest BCUT2D eigenvalue weighted by Crippen LogP contribution is 2.18. The summed E-state index contributed by atoms with van der Waals surface area (Å²) in [5, 5.41) is 9.04. The summed E-state index contributed by atoms with van der Waals surface area (Å²) < 4.78 is 13.1. The van der Waals surface area contributed by atoms with Crippen LogP contribution in [0.4, 0.5) is 4.39 Å². The van der Waals surface area contributed by atoms with Crippen LogP contribution in [0.1, 0.15) is 36.7 Å². The van der Waals surface area contributed by atoms with Crippen LogP contribution in [0, 0.1) is 5.82 Å². The molecule has 0 atom stereocenters. The third-order valence-electron chi connectivity index (χ3n) is 2.63. The van der Waals surface area contributed by atoms with E-state index in [1.165, 1.54) is 12.1 Å². The number of carboxylic acid groups (broad SMARTS) is 1. The summed E-state index contributed by atoms with van der Waals surface area (Å²) in [6.07, 6.45) is 0.467. The van der Waals surface area contributed by atoms with Gasteiger partial charge in [0.05, 0.1) is 0 Å². The fourth-order valence-electron chi connectivity index (χ4n) is 1.75. The lowest BCUT2D eigenvalue weighted by Crippen LogP contribution is -2.16. The lowest BCUT2D eigenvalue weighted by Gasteiger charge is -2.09. The molecule has 0 unspecified atom stereocenters. The van der Waals surface area contributed by atoms with Crippen LogP contribution in [0.2, 0.25) is 0 Å². The van der Waals surface area contributed by atoms with Crippen molar-refractivity contribution in [2.75, 3.05) is 0 Å². The number of hydrogen-bond donors (Lipinski definition) is 1. The molecular formula is C14H15FO3. The van der Waals surface area contributed by atoms with Crippen molar-refractivity contribution in [2.45, 2.75) is 27.2 Å². The largest absolute Gasteiger partial charge is 0.478 e. The summed E-state index contributed by atoms with van der Waals surface area (Å²) in [5.41, 5.74) is 0.938. The van der Waals surface area contributed by atoms with E-state index in [0.717, 1.165) is 6.07 Å². The second-order valence-corrected chi connectivity index (χ2v) is 4.16. The number of aliphatic carboxylic acids is 1. The second-order valence-electron chi connectivity index (χ2n) is 4.16. The van der Waals surface area contributed by atoms with E-state index in [1.807, 2.05) is 0 Å². The predicted molar refractivity (Wildman–Crippen MR) is 66.1 cm³/mol. The first-order valence-corrected chi connectivity index (χ1v) is 5.62. The minimum atomic E-state index is -1.26. The van der Waals surface area contributed by atoms with E-state index in [4.69, 9.17) is 5.11 Å². The van der Waals surface area contributed by atoms with Crippen molar-refractivity contribution in [1.29, 1.82) is 0 Å². The van der Waals surface area contributed by atoms with Gasteiger partial charge in [0.1, 0.15) is 11.4 Å². The Morgan fingerprint density at radius 2 is 1.89 bits per heavy atom. The highest BCUT2D eigenvalue weighted by molar-refractivity contribution is 6.24. The Morgan fingerprint density at radius 3 is 2.33 bits per heavy atom. The quantitative estimate of drug-likeness (QED) is 0.387. The summed E-state index contributed by atoms with van der Waals surface area (Å²) in [6, 6.07) is 3.76. The first-order chi connectivity index (χ1) is 8.38. The number of benzene rings is 1. The summed E-state index contributed by atoms with van der Waals surface area (Å²) in [4.78, 5) is 23.2. The number of carbonyl (C=O) groups excluding carboxylic acids is 1. The van der Waals surface area contributed by atoms with Gasteiger partial charge in [-0.05, 0) is 44.0 Å². The fraction of sp³-hybridized carbons (Fsp3) is 0.286. The number of ketones is 1. The maximum absolute atomic E-state index is 13.1. The third kappa shape index (κ3) is 2.83. The minimum Gasteiger partial charge on any atom is -0.478 e. The summed E-state index contributed by atoms with van der Waals surface area (Å²) in [5.74, 6) is -2.26. The van der Waals surface area contributed by atoms with Crippen LogP contribution in [0.15, 0.2) is 29.3 Å². The average Bonchev–Trinajstić information content (AvgIpc) is 2.27. The average molecular weight is 250 g/mol. The molecule has 0 fully saturated rings. The van der Waals surface area contributed by atoms with Gasteiger partial charge in [-0.15, -0.1) is 0 Å². The number of rotatable bonds is 4. The zero-order valence-electron chi connectivity index (χ0n) is 10.6. The molecule has 0 aliphatic heterocycles. The molecular weight excluding hydrogens is 235 g/mol. The third-order valence-corrected chi connectivity index (χ3v) is 2.63. The number of allylic oxidation sites excluding steroid dienone is 1. The fourth-order valence-corrected chi connectivity index (χ4v) is 1.75. The maximum atomic E-state index is 13.1. The lowest BCUT2D eigenvalue weighted by atomic mass is 9.94. The molecule has 0 bridgehead atoms. The number of carboxylic acids is 1. The Bertz CT molecular complexity index is 526. The molecule has 0 aliphatic rings. The van der Waals surface area contributed by atoms with Crippen molar-refractivity contribution in [3.8, 4) is 0 Å². The van der Waals surface area contributed by atoms with Crippen LogP contribution >= 0.6 is 0 Å². The van der Waals surface area contributed by atoms with E-state index in [0.29, 0.717) is 17.6 Å². The van der Waals surface area contributed by atoms with Gasteiger partial charge in [-0.25, -0.2) is 9.18 Å². The van der Waals surface area contributed by atoms with Gasteiger partial charge in [0.15, 0.2) is 0 Å². The molecule has 0 radical (unpaired) electrons. The molecule has 1 N–H and O–H groups in total. The van der Waals surface area contributed by atoms with Gasteiger partial charge in [0, 0.05) is 5.56 Å². The number of hydrogen-bond acceptors (Lipinski definition) is 2. The molecule has 1 rings (SSSR count). The highest BCUT2D eigenvalue weighted by Gasteiger charge is 2.22. The molecule has 0 aliphatic carbocycles. The summed E-state index contributed by atoms with van der Waals surface area (Å²) in [6.45, 7) is 4.92. The zero-order chi connectivity index (χ0) is 13.9. The van der Waals surface area contributed by atoms with Crippen LogP contribution in [0.5, 0.6) is 0 Å². The van der Waals surface area contributed by atoms with Crippen LogP contribution in [-0.4, -0.2) is 16.9 Å². The molecule has 1 aromatic carbocycles. The van der Waals surface area contributed by atoms with Gasteiger partial charge >= 0.3 is 5.97 Å². The molecule has 0 spiro atoms. The van der Waals surface area contributed by atoms with Crippen LogP contribution < -0.4 is 0 Å². The van der Waals surface area contributed by atoms with Crippen LogP contribution in [0.3, 0.4) is 0 Å². The van der Waals surface area contributed by atoms with E-state index in [2.05, 4.69) is 0 Å². The minimum absolute atomic E-state index is 0.248. The predicted octanol–water partition coefficient (Wildman–Crippen LogP) is 2.99. The first-order valence-electron chi connectivity index (χ1n) is 5.62. The molecule has 96 valence electrons. The number of Topliss-reactive ketones (excluding diaryl/α,β-unsaturated/α-hetero) is 1.